The minimum Gasteiger partial charge on any atom is -0.497 e. The molecule has 7 heteroatoms. The molecule has 0 saturated carbocycles. The van der Waals surface area contributed by atoms with Crippen LogP contribution >= 0.6 is 0 Å². The number of carbonyl (C=O) groups is 1. The van der Waals surface area contributed by atoms with Crippen LogP contribution in [0, 0.1) is 0 Å². The van der Waals surface area contributed by atoms with Crippen molar-refractivity contribution in [2.45, 2.75) is 25.7 Å². The molecule has 29 heavy (non-hydrogen) atoms. The molecule has 2 aromatic rings. The molecule has 154 valence electrons. The maximum Gasteiger partial charge on any atom is 0.227 e. The first-order valence-electron chi connectivity index (χ1n) is 10.5. The predicted molar refractivity (Wildman–Crippen MR) is 114 cm³/mol. The molecule has 1 aromatic carbocycles. The molecule has 0 unspecified atom stereocenters. The van der Waals surface area contributed by atoms with Crippen molar-refractivity contribution < 1.29 is 9.53 Å². The number of piperazine rings is 1. The quantitative estimate of drug-likeness (QED) is 0.775. The van der Waals surface area contributed by atoms with E-state index in [-0.39, 0.29) is 5.91 Å². The fourth-order valence-electron chi connectivity index (χ4n) is 4.06. The zero-order valence-electron chi connectivity index (χ0n) is 17.1. The van der Waals surface area contributed by atoms with Crippen molar-refractivity contribution in [2.75, 3.05) is 56.2 Å². The molecular weight excluding hydrogens is 366 g/mol. The Labute approximate surface area is 172 Å². The summed E-state index contributed by atoms with van der Waals surface area (Å²) in [6.45, 7) is 5.16. The summed E-state index contributed by atoms with van der Waals surface area (Å²) >= 11 is 0. The second-order valence-corrected chi connectivity index (χ2v) is 7.68. The summed E-state index contributed by atoms with van der Waals surface area (Å²) in [6.07, 6.45) is 5.84. The number of hydrogen-bond donors (Lipinski definition) is 0. The first kappa shape index (κ1) is 19.5. The Morgan fingerprint density at radius 1 is 0.931 bits per heavy atom. The van der Waals surface area contributed by atoms with Gasteiger partial charge in [-0.15, -0.1) is 0 Å². The van der Waals surface area contributed by atoms with Crippen LogP contribution in [0.1, 0.15) is 24.8 Å². The fourth-order valence-corrected chi connectivity index (χ4v) is 4.06. The van der Waals surface area contributed by atoms with E-state index in [1.165, 1.54) is 19.3 Å². The van der Waals surface area contributed by atoms with Crippen LogP contribution in [-0.2, 0) is 11.2 Å². The number of rotatable bonds is 5. The Bertz CT molecular complexity index is 829. The van der Waals surface area contributed by atoms with Gasteiger partial charge in [-0.3, -0.25) is 4.79 Å². The van der Waals surface area contributed by atoms with Gasteiger partial charge in [0.2, 0.25) is 5.91 Å². The number of carbonyl (C=O) groups excluding carboxylic acids is 1. The minimum atomic E-state index is 0.162. The third kappa shape index (κ3) is 4.78. The molecule has 0 bridgehead atoms. The van der Waals surface area contributed by atoms with Gasteiger partial charge in [-0.05, 0) is 37.0 Å². The number of methoxy groups -OCH3 is 1. The third-order valence-electron chi connectivity index (χ3n) is 5.76. The number of benzene rings is 1. The molecule has 1 aromatic heterocycles. The normalized spacial score (nSPS) is 17.3. The van der Waals surface area contributed by atoms with Crippen molar-refractivity contribution in [2.24, 2.45) is 0 Å². The van der Waals surface area contributed by atoms with E-state index in [4.69, 9.17) is 4.74 Å². The van der Waals surface area contributed by atoms with E-state index in [1.54, 1.807) is 13.4 Å². The highest BCUT2D eigenvalue weighted by Gasteiger charge is 2.23. The van der Waals surface area contributed by atoms with Crippen LogP contribution in [0.5, 0.6) is 5.75 Å². The highest BCUT2D eigenvalue weighted by molar-refractivity contribution is 5.79. The number of anilines is 2. The number of aromatic nitrogens is 2. The van der Waals surface area contributed by atoms with Gasteiger partial charge < -0.3 is 19.4 Å². The summed E-state index contributed by atoms with van der Waals surface area (Å²) in [5.74, 6) is 2.93. The predicted octanol–water partition coefficient (Wildman–Crippen LogP) is 2.37. The van der Waals surface area contributed by atoms with Crippen LogP contribution in [0.2, 0.25) is 0 Å². The highest BCUT2D eigenvalue weighted by Crippen LogP contribution is 2.22. The third-order valence-corrected chi connectivity index (χ3v) is 5.76. The Morgan fingerprint density at radius 3 is 2.31 bits per heavy atom. The van der Waals surface area contributed by atoms with Gasteiger partial charge in [0, 0.05) is 45.3 Å². The first-order chi connectivity index (χ1) is 14.2. The topological polar surface area (TPSA) is 61.8 Å². The van der Waals surface area contributed by atoms with E-state index < -0.39 is 0 Å². The molecule has 0 aliphatic carbocycles. The van der Waals surface area contributed by atoms with E-state index >= 15 is 0 Å². The standard InChI is InChI=1S/C22H29N5O2/c1-29-19-7-5-6-18(14-19)15-22(28)27-12-10-26(11-13-27)21-16-20(23-17-24-21)25-8-3-2-4-9-25/h5-7,14,16-17H,2-4,8-13,15H2,1H3. The maximum absolute atomic E-state index is 12.7. The summed E-state index contributed by atoms with van der Waals surface area (Å²) in [5, 5.41) is 0. The van der Waals surface area contributed by atoms with Crippen molar-refractivity contribution in [1.82, 2.24) is 14.9 Å². The SMILES string of the molecule is COc1cccc(CC(=O)N2CCN(c3cc(N4CCCCC4)ncn3)CC2)c1. The van der Waals surface area contributed by atoms with Crippen LogP contribution in [-0.4, -0.2) is 67.2 Å². The van der Waals surface area contributed by atoms with E-state index in [1.807, 2.05) is 29.2 Å². The van der Waals surface area contributed by atoms with Crippen molar-refractivity contribution in [1.29, 1.82) is 0 Å². The van der Waals surface area contributed by atoms with Crippen molar-refractivity contribution in [3.05, 3.63) is 42.2 Å². The molecule has 0 N–H and O–H groups in total. The molecule has 2 saturated heterocycles. The molecule has 3 heterocycles. The second-order valence-electron chi connectivity index (χ2n) is 7.68. The zero-order valence-corrected chi connectivity index (χ0v) is 17.1. The maximum atomic E-state index is 12.7. The van der Waals surface area contributed by atoms with Gasteiger partial charge in [-0.25, -0.2) is 9.97 Å². The molecule has 2 aliphatic heterocycles. The lowest BCUT2D eigenvalue weighted by molar-refractivity contribution is -0.130. The average Bonchev–Trinajstić information content (AvgIpc) is 2.80. The summed E-state index contributed by atoms with van der Waals surface area (Å²) in [4.78, 5) is 28.2. The molecule has 2 fully saturated rings. The van der Waals surface area contributed by atoms with Gasteiger partial charge in [-0.1, -0.05) is 12.1 Å². The zero-order chi connectivity index (χ0) is 20.1. The van der Waals surface area contributed by atoms with E-state index in [0.29, 0.717) is 19.5 Å². The average molecular weight is 396 g/mol. The summed E-state index contributed by atoms with van der Waals surface area (Å²) in [6, 6.07) is 9.82. The number of piperidine rings is 1. The molecule has 7 nitrogen and oxygen atoms in total. The van der Waals surface area contributed by atoms with Crippen LogP contribution in [0.3, 0.4) is 0 Å². The van der Waals surface area contributed by atoms with E-state index in [2.05, 4.69) is 25.8 Å². The Morgan fingerprint density at radius 2 is 1.62 bits per heavy atom. The summed E-state index contributed by atoms with van der Waals surface area (Å²) < 4.78 is 5.25. The smallest absolute Gasteiger partial charge is 0.227 e. The number of hydrogen-bond acceptors (Lipinski definition) is 6. The Hall–Kier alpha value is -2.83. The fraction of sp³-hybridized carbons (Fsp3) is 0.500. The van der Waals surface area contributed by atoms with Gasteiger partial charge in [-0.2, -0.15) is 0 Å². The lowest BCUT2D eigenvalue weighted by Crippen LogP contribution is -2.49. The number of nitrogens with zero attached hydrogens (tertiary/aromatic N) is 5. The van der Waals surface area contributed by atoms with E-state index in [0.717, 1.165) is 49.1 Å². The second kappa shape index (κ2) is 9.11. The minimum absolute atomic E-state index is 0.162. The first-order valence-corrected chi connectivity index (χ1v) is 10.5. The van der Waals surface area contributed by atoms with Gasteiger partial charge in [0.25, 0.3) is 0 Å². The molecule has 1 amide bonds. The number of ether oxygens (including phenoxy) is 1. The highest BCUT2D eigenvalue weighted by atomic mass is 16.5. The van der Waals surface area contributed by atoms with Gasteiger partial charge in [0.1, 0.15) is 23.7 Å². The van der Waals surface area contributed by atoms with Crippen LogP contribution in [0.4, 0.5) is 11.6 Å². The Balaban J connectivity index is 1.33. The van der Waals surface area contributed by atoms with Crippen molar-refractivity contribution >= 4 is 17.5 Å². The molecule has 4 rings (SSSR count). The van der Waals surface area contributed by atoms with Gasteiger partial charge >= 0.3 is 0 Å². The van der Waals surface area contributed by atoms with Crippen LogP contribution in [0.25, 0.3) is 0 Å². The van der Waals surface area contributed by atoms with Crippen molar-refractivity contribution in [3.63, 3.8) is 0 Å². The molecular formula is C22H29N5O2. The molecule has 0 atom stereocenters. The molecule has 0 radical (unpaired) electrons. The largest absolute Gasteiger partial charge is 0.497 e. The lowest BCUT2D eigenvalue weighted by atomic mass is 10.1. The Kier molecular flexibility index (Phi) is 6.12. The molecule has 0 spiro atoms. The summed E-state index contributed by atoms with van der Waals surface area (Å²) in [5.41, 5.74) is 0.985. The van der Waals surface area contributed by atoms with Gasteiger partial charge in [0.15, 0.2) is 0 Å². The lowest BCUT2D eigenvalue weighted by Gasteiger charge is -2.36. The molecule has 2 aliphatic rings. The summed E-state index contributed by atoms with van der Waals surface area (Å²) in [7, 11) is 1.64. The number of amides is 1. The van der Waals surface area contributed by atoms with Crippen LogP contribution < -0.4 is 14.5 Å². The van der Waals surface area contributed by atoms with E-state index in [9.17, 15) is 4.79 Å². The van der Waals surface area contributed by atoms with Crippen molar-refractivity contribution in [3.8, 4) is 5.75 Å². The van der Waals surface area contributed by atoms with Gasteiger partial charge in [0.05, 0.1) is 13.5 Å². The van der Waals surface area contributed by atoms with Crippen LogP contribution in [0.15, 0.2) is 36.7 Å². The monoisotopic (exact) mass is 395 g/mol.